The minimum absolute atomic E-state index is 0.123. The SMILES string of the molecule is COCCN(CC(=O)c1coc2ccccc12)C1CC1. The Labute approximate surface area is 118 Å². The number of hydrogen-bond acceptors (Lipinski definition) is 4. The first-order valence-electron chi connectivity index (χ1n) is 7.02. The summed E-state index contributed by atoms with van der Waals surface area (Å²) in [6.07, 6.45) is 3.95. The lowest BCUT2D eigenvalue weighted by molar-refractivity contribution is 0.0886. The number of nitrogens with zero attached hydrogens (tertiary/aromatic N) is 1. The number of benzene rings is 1. The Hall–Kier alpha value is -1.65. The molecule has 4 heteroatoms. The van der Waals surface area contributed by atoms with Crippen LogP contribution >= 0.6 is 0 Å². The van der Waals surface area contributed by atoms with Gasteiger partial charge in [-0.15, -0.1) is 0 Å². The molecule has 2 aromatic rings. The predicted molar refractivity (Wildman–Crippen MR) is 77.0 cm³/mol. The molecule has 1 aromatic heterocycles. The maximum atomic E-state index is 12.5. The fourth-order valence-electron chi connectivity index (χ4n) is 2.50. The topological polar surface area (TPSA) is 42.7 Å². The summed E-state index contributed by atoms with van der Waals surface area (Å²) in [4.78, 5) is 14.7. The largest absolute Gasteiger partial charge is 0.464 e. The lowest BCUT2D eigenvalue weighted by Crippen LogP contribution is -2.34. The summed E-state index contributed by atoms with van der Waals surface area (Å²) in [7, 11) is 1.69. The number of ether oxygens (including phenoxy) is 1. The van der Waals surface area contributed by atoms with Gasteiger partial charge in [-0.25, -0.2) is 0 Å². The summed E-state index contributed by atoms with van der Waals surface area (Å²) in [5.74, 6) is 0.123. The van der Waals surface area contributed by atoms with Crippen molar-refractivity contribution in [1.82, 2.24) is 4.90 Å². The number of methoxy groups -OCH3 is 1. The van der Waals surface area contributed by atoms with Gasteiger partial charge in [0.2, 0.25) is 0 Å². The lowest BCUT2D eigenvalue weighted by Gasteiger charge is -2.20. The highest BCUT2D eigenvalue weighted by atomic mass is 16.5. The molecule has 20 heavy (non-hydrogen) atoms. The van der Waals surface area contributed by atoms with Gasteiger partial charge in [-0.1, -0.05) is 18.2 Å². The number of rotatable bonds is 7. The van der Waals surface area contributed by atoms with E-state index in [1.807, 2.05) is 24.3 Å². The molecule has 3 rings (SSSR count). The molecule has 0 bridgehead atoms. The van der Waals surface area contributed by atoms with E-state index in [9.17, 15) is 4.79 Å². The summed E-state index contributed by atoms with van der Waals surface area (Å²) < 4.78 is 10.6. The average Bonchev–Trinajstić information content (AvgIpc) is 3.22. The molecular formula is C16H19NO3. The first-order chi connectivity index (χ1) is 9.79. The number of ketones is 1. The van der Waals surface area contributed by atoms with Crippen molar-refractivity contribution in [2.45, 2.75) is 18.9 Å². The van der Waals surface area contributed by atoms with Gasteiger partial charge in [0.25, 0.3) is 0 Å². The standard InChI is InChI=1S/C16H19NO3/c1-19-9-8-17(12-6-7-12)10-15(18)14-11-20-16-5-3-2-4-13(14)16/h2-5,11-12H,6-10H2,1H3. The van der Waals surface area contributed by atoms with Crippen LogP contribution in [0.25, 0.3) is 11.0 Å². The summed E-state index contributed by atoms with van der Waals surface area (Å²) >= 11 is 0. The van der Waals surface area contributed by atoms with Gasteiger partial charge < -0.3 is 9.15 Å². The predicted octanol–water partition coefficient (Wildman–Crippen LogP) is 2.73. The first kappa shape index (κ1) is 13.3. The maximum absolute atomic E-state index is 12.5. The smallest absolute Gasteiger partial charge is 0.180 e. The molecule has 1 aromatic carbocycles. The van der Waals surface area contributed by atoms with Crippen LogP contribution in [0, 0.1) is 0 Å². The zero-order chi connectivity index (χ0) is 13.9. The maximum Gasteiger partial charge on any atom is 0.180 e. The fourth-order valence-corrected chi connectivity index (χ4v) is 2.50. The second-order valence-electron chi connectivity index (χ2n) is 5.26. The number of carbonyl (C=O) groups excluding carboxylic acids is 1. The Bertz CT molecular complexity index is 601. The summed E-state index contributed by atoms with van der Waals surface area (Å²) in [5, 5.41) is 0.903. The van der Waals surface area contributed by atoms with E-state index in [2.05, 4.69) is 4.90 Å². The first-order valence-corrected chi connectivity index (χ1v) is 7.02. The van der Waals surface area contributed by atoms with Crippen LogP contribution in [0.4, 0.5) is 0 Å². The van der Waals surface area contributed by atoms with Crippen molar-refractivity contribution >= 4 is 16.8 Å². The molecule has 1 heterocycles. The van der Waals surface area contributed by atoms with E-state index in [-0.39, 0.29) is 5.78 Å². The molecular weight excluding hydrogens is 254 g/mol. The van der Waals surface area contributed by atoms with Gasteiger partial charge in [-0.2, -0.15) is 0 Å². The number of Topliss-reactive ketones (excluding diaryl/α,β-unsaturated/α-hetero) is 1. The zero-order valence-corrected chi connectivity index (χ0v) is 11.7. The third kappa shape index (κ3) is 2.76. The van der Waals surface area contributed by atoms with Crippen LogP contribution in [0.2, 0.25) is 0 Å². The number of hydrogen-bond donors (Lipinski definition) is 0. The second-order valence-corrected chi connectivity index (χ2v) is 5.26. The quantitative estimate of drug-likeness (QED) is 0.727. The lowest BCUT2D eigenvalue weighted by atomic mass is 10.1. The van der Waals surface area contributed by atoms with Gasteiger partial charge in [0.15, 0.2) is 5.78 Å². The molecule has 0 radical (unpaired) electrons. The summed E-state index contributed by atoms with van der Waals surface area (Å²) in [5.41, 5.74) is 1.45. The number of carbonyl (C=O) groups is 1. The van der Waals surface area contributed by atoms with Crippen LogP contribution in [-0.4, -0.2) is 43.5 Å². The molecule has 106 valence electrons. The van der Waals surface area contributed by atoms with Crippen LogP contribution in [0.5, 0.6) is 0 Å². The highest BCUT2D eigenvalue weighted by Gasteiger charge is 2.30. The van der Waals surface area contributed by atoms with Crippen LogP contribution in [-0.2, 0) is 4.74 Å². The molecule has 0 atom stereocenters. The van der Waals surface area contributed by atoms with Crippen molar-refractivity contribution in [3.8, 4) is 0 Å². The van der Waals surface area contributed by atoms with Crippen molar-refractivity contribution in [1.29, 1.82) is 0 Å². The average molecular weight is 273 g/mol. The molecule has 1 aliphatic carbocycles. The minimum atomic E-state index is 0.123. The molecule has 4 nitrogen and oxygen atoms in total. The minimum Gasteiger partial charge on any atom is -0.464 e. The van der Waals surface area contributed by atoms with Gasteiger partial charge in [-0.05, 0) is 18.9 Å². The Morgan fingerprint density at radius 2 is 2.20 bits per heavy atom. The van der Waals surface area contributed by atoms with Crippen molar-refractivity contribution in [2.24, 2.45) is 0 Å². The van der Waals surface area contributed by atoms with E-state index in [1.54, 1.807) is 13.4 Å². The van der Waals surface area contributed by atoms with Crippen molar-refractivity contribution in [3.63, 3.8) is 0 Å². The molecule has 0 amide bonds. The Kier molecular flexibility index (Phi) is 3.85. The van der Waals surface area contributed by atoms with Gasteiger partial charge >= 0.3 is 0 Å². The third-order valence-corrected chi connectivity index (χ3v) is 3.77. The molecule has 1 saturated carbocycles. The molecule has 1 aliphatic rings. The van der Waals surface area contributed by atoms with Gasteiger partial charge in [0.05, 0.1) is 18.7 Å². The Morgan fingerprint density at radius 3 is 2.95 bits per heavy atom. The van der Waals surface area contributed by atoms with E-state index < -0.39 is 0 Å². The normalized spacial score (nSPS) is 15.1. The van der Waals surface area contributed by atoms with Gasteiger partial charge in [-0.3, -0.25) is 9.69 Å². The van der Waals surface area contributed by atoms with E-state index in [0.717, 1.165) is 17.5 Å². The third-order valence-electron chi connectivity index (χ3n) is 3.77. The summed E-state index contributed by atoms with van der Waals surface area (Å²) in [6, 6.07) is 8.21. The molecule has 0 N–H and O–H groups in total. The Balaban J connectivity index is 1.74. The van der Waals surface area contributed by atoms with Crippen molar-refractivity contribution in [3.05, 3.63) is 36.1 Å². The van der Waals surface area contributed by atoms with Crippen LogP contribution < -0.4 is 0 Å². The van der Waals surface area contributed by atoms with Crippen molar-refractivity contribution < 1.29 is 13.9 Å². The fraction of sp³-hybridized carbons (Fsp3) is 0.438. The van der Waals surface area contributed by atoms with Crippen LogP contribution in [0.15, 0.2) is 34.9 Å². The molecule has 0 aliphatic heterocycles. The number of fused-ring (bicyclic) bond motifs is 1. The second kappa shape index (κ2) is 5.77. The highest BCUT2D eigenvalue weighted by molar-refractivity contribution is 6.08. The van der Waals surface area contributed by atoms with Gasteiger partial charge in [0, 0.05) is 25.1 Å². The molecule has 0 saturated heterocycles. The monoisotopic (exact) mass is 273 g/mol. The molecule has 0 spiro atoms. The molecule has 1 fully saturated rings. The Morgan fingerprint density at radius 1 is 1.40 bits per heavy atom. The van der Waals surface area contributed by atoms with Gasteiger partial charge in [0.1, 0.15) is 11.8 Å². The number of furan rings is 1. The highest BCUT2D eigenvalue weighted by Crippen LogP contribution is 2.27. The van der Waals surface area contributed by atoms with E-state index in [4.69, 9.17) is 9.15 Å². The molecule has 0 unspecified atom stereocenters. The van der Waals surface area contributed by atoms with Crippen molar-refractivity contribution in [2.75, 3.05) is 26.8 Å². The van der Waals surface area contributed by atoms with E-state index >= 15 is 0 Å². The van der Waals surface area contributed by atoms with Crippen LogP contribution in [0.3, 0.4) is 0 Å². The zero-order valence-electron chi connectivity index (χ0n) is 11.7. The summed E-state index contributed by atoms with van der Waals surface area (Å²) in [6.45, 7) is 1.91. The number of para-hydroxylation sites is 1. The van der Waals surface area contributed by atoms with E-state index in [1.165, 1.54) is 12.8 Å². The van der Waals surface area contributed by atoms with Crippen LogP contribution in [0.1, 0.15) is 23.2 Å². The van der Waals surface area contributed by atoms with E-state index in [0.29, 0.717) is 24.8 Å².